The molecule has 0 amide bonds. The Bertz CT molecular complexity index is 656. The summed E-state index contributed by atoms with van der Waals surface area (Å²) in [4.78, 5) is 0. The summed E-state index contributed by atoms with van der Waals surface area (Å²) >= 11 is 6.05. The summed E-state index contributed by atoms with van der Waals surface area (Å²) in [5, 5.41) is 0.750. The lowest BCUT2D eigenvalue weighted by atomic mass is 10.1. The number of rotatable bonds is 2. The molecule has 0 spiro atoms. The van der Waals surface area contributed by atoms with Crippen molar-refractivity contribution < 1.29 is 0 Å². The van der Waals surface area contributed by atoms with Crippen LogP contribution in [0, 0.1) is 0 Å². The summed E-state index contributed by atoms with van der Waals surface area (Å²) in [7, 11) is 0. The zero-order valence-corrected chi connectivity index (χ0v) is 10.5. The minimum absolute atomic E-state index is 0.750. The number of halogens is 1. The van der Waals surface area contributed by atoms with Crippen molar-refractivity contribution >= 4 is 11.6 Å². The van der Waals surface area contributed by atoms with E-state index in [0.717, 1.165) is 16.4 Å². The second-order valence-corrected chi connectivity index (χ2v) is 4.55. The van der Waals surface area contributed by atoms with Crippen molar-refractivity contribution in [3.63, 3.8) is 0 Å². The average Bonchev–Trinajstić information content (AvgIpc) is 2.89. The number of hydrogen-bond donors (Lipinski definition) is 0. The number of benzene rings is 2. The van der Waals surface area contributed by atoms with Gasteiger partial charge in [0.15, 0.2) is 0 Å². The molecular formula is C16H12ClN. The van der Waals surface area contributed by atoms with E-state index < -0.39 is 0 Å². The molecule has 0 saturated heterocycles. The predicted octanol–water partition coefficient (Wildman–Crippen LogP) is 4.80. The van der Waals surface area contributed by atoms with Crippen LogP contribution in [0.4, 0.5) is 0 Å². The molecule has 0 aliphatic heterocycles. The number of hydrogen-bond acceptors (Lipinski definition) is 0. The van der Waals surface area contributed by atoms with Gasteiger partial charge in [-0.25, -0.2) is 0 Å². The van der Waals surface area contributed by atoms with E-state index in [1.807, 2.05) is 48.7 Å². The van der Waals surface area contributed by atoms with Gasteiger partial charge in [-0.3, -0.25) is 0 Å². The van der Waals surface area contributed by atoms with Crippen LogP contribution in [0.5, 0.6) is 0 Å². The lowest BCUT2D eigenvalue weighted by molar-refractivity contribution is 1.09. The van der Waals surface area contributed by atoms with Gasteiger partial charge in [0.2, 0.25) is 0 Å². The topological polar surface area (TPSA) is 4.93 Å². The van der Waals surface area contributed by atoms with E-state index in [1.165, 1.54) is 5.56 Å². The molecule has 0 N–H and O–H groups in total. The number of aromatic nitrogens is 1. The standard InChI is InChI=1S/C16H12ClN/c17-14-8-4-9-15(12-14)18-11-5-10-16(18)13-6-2-1-3-7-13/h1-12H. The van der Waals surface area contributed by atoms with Gasteiger partial charge in [0.05, 0.1) is 5.69 Å². The Hall–Kier alpha value is -1.99. The Kier molecular flexibility index (Phi) is 2.91. The van der Waals surface area contributed by atoms with Gasteiger partial charge in [-0.1, -0.05) is 48.0 Å². The van der Waals surface area contributed by atoms with Gasteiger partial charge in [-0.05, 0) is 35.9 Å². The van der Waals surface area contributed by atoms with Gasteiger partial charge in [-0.15, -0.1) is 0 Å². The van der Waals surface area contributed by atoms with Gasteiger partial charge < -0.3 is 4.57 Å². The third kappa shape index (κ3) is 2.05. The molecule has 0 unspecified atom stereocenters. The number of nitrogens with zero attached hydrogens (tertiary/aromatic N) is 1. The second-order valence-electron chi connectivity index (χ2n) is 4.11. The summed E-state index contributed by atoms with van der Waals surface area (Å²) in [5.41, 5.74) is 3.44. The quantitative estimate of drug-likeness (QED) is 0.618. The Labute approximate surface area is 111 Å². The largest absolute Gasteiger partial charge is 0.317 e. The zero-order valence-electron chi connectivity index (χ0n) is 9.75. The van der Waals surface area contributed by atoms with E-state index in [0.29, 0.717) is 0 Å². The molecule has 0 aliphatic carbocycles. The maximum Gasteiger partial charge on any atom is 0.0528 e. The lowest BCUT2D eigenvalue weighted by Crippen LogP contribution is -1.94. The summed E-state index contributed by atoms with van der Waals surface area (Å²) < 4.78 is 2.14. The van der Waals surface area contributed by atoms with Crippen LogP contribution in [-0.2, 0) is 0 Å². The molecule has 0 aliphatic rings. The van der Waals surface area contributed by atoms with Gasteiger partial charge in [0.25, 0.3) is 0 Å². The highest BCUT2D eigenvalue weighted by molar-refractivity contribution is 6.30. The van der Waals surface area contributed by atoms with Crippen molar-refractivity contribution in [1.29, 1.82) is 0 Å². The van der Waals surface area contributed by atoms with Crippen LogP contribution in [0.15, 0.2) is 72.9 Å². The van der Waals surface area contributed by atoms with E-state index in [4.69, 9.17) is 11.6 Å². The van der Waals surface area contributed by atoms with Crippen molar-refractivity contribution in [3.8, 4) is 16.9 Å². The molecule has 1 heterocycles. The minimum atomic E-state index is 0.750. The normalized spacial score (nSPS) is 10.5. The fourth-order valence-electron chi connectivity index (χ4n) is 2.08. The van der Waals surface area contributed by atoms with Crippen molar-refractivity contribution in [1.82, 2.24) is 4.57 Å². The van der Waals surface area contributed by atoms with E-state index in [9.17, 15) is 0 Å². The molecule has 0 radical (unpaired) electrons. The van der Waals surface area contributed by atoms with Crippen molar-refractivity contribution in [2.24, 2.45) is 0 Å². The van der Waals surface area contributed by atoms with Crippen LogP contribution in [-0.4, -0.2) is 4.57 Å². The van der Waals surface area contributed by atoms with Gasteiger partial charge >= 0.3 is 0 Å². The van der Waals surface area contributed by atoms with E-state index in [2.05, 4.69) is 28.8 Å². The molecule has 1 aromatic heterocycles. The second kappa shape index (κ2) is 4.71. The Balaban J connectivity index is 2.13. The molecular weight excluding hydrogens is 242 g/mol. The first kappa shape index (κ1) is 11.1. The summed E-state index contributed by atoms with van der Waals surface area (Å²) in [6.45, 7) is 0. The van der Waals surface area contributed by atoms with Crippen molar-refractivity contribution in [2.75, 3.05) is 0 Å². The molecule has 2 heteroatoms. The molecule has 0 bridgehead atoms. The Morgan fingerprint density at radius 2 is 1.61 bits per heavy atom. The van der Waals surface area contributed by atoms with Crippen molar-refractivity contribution in [3.05, 3.63) is 77.9 Å². The molecule has 0 fully saturated rings. The van der Waals surface area contributed by atoms with E-state index in [1.54, 1.807) is 0 Å². The minimum Gasteiger partial charge on any atom is -0.317 e. The summed E-state index contributed by atoms with van der Waals surface area (Å²) in [5.74, 6) is 0. The molecule has 3 rings (SSSR count). The van der Waals surface area contributed by atoms with Gasteiger partial charge in [0, 0.05) is 16.9 Å². The van der Waals surface area contributed by atoms with E-state index >= 15 is 0 Å². The molecule has 1 nitrogen and oxygen atoms in total. The lowest BCUT2D eigenvalue weighted by Gasteiger charge is -2.09. The van der Waals surface area contributed by atoms with Crippen LogP contribution >= 0.6 is 11.6 Å². The molecule has 0 atom stereocenters. The maximum atomic E-state index is 6.05. The molecule has 88 valence electrons. The van der Waals surface area contributed by atoms with Crippen LogP contribution < -0.4 is 0 Å². The third-order valence-electron chi connectivity index (χ3n) is 2.90. The average molecular weight is 254 g/mol. The highest BCUT2D eigenvalue weighted by Crippen LogP contribution is 2.24. The Morgan fingerprint density at radius 1 is 0.778 bits per heavy atom. The first-order valence-electron chi connectivity index (χ1n) is 5.83. The summed E-state index contributed by atoms with van der Waals surface area (Å²) in [6.07, 6.45) is 2.05. The Morgan fingerprint density at radius 3 is 2.39 bits per heavy atom. The maximum absolute atomic E-state index is 6.05. The van der Waals surface area contributed by atoms with Crippen LogP contribution in [0.3, 0.4) is 0 Å². The smallest absolute Gasteiger partial charge is 0.0528 e. The van der Waals surface area contributed by atoms with Crippen LogP contribution in [0.2, 0.25) is 5.02 Å². The third-order valence-corrected chi connectivity index (χ3v) is 3.14. The fraction of sp³-hybridized carbons (Fsp3) is 0. The fourth-order valence-corrected chi connectivity index (χ4v) is 2.26. The predicted molar refractivity (Wildman–Crippen MR) is 76.2 cm³/mol. The van der Waals surface area contributed by atoms with Gasteiger partial charge in [-0.2, -0.15) is 0 Å². The van der Waals surface area contributed by atoms with E-state index in [-0.39, 0.29) is 0 Å². The molecule has 2 aromatic carbocycles. The molecule has 3 aromatic rings. The molecule has 18 heavy (non-hydrogen) atoms. The first-order valence-corrected chi connectivity index (χ1v) is 6.21. The van der Waals surface area contributed by atoms with Crippen molar-refractivity contribution in [2.45, 2.75) is 0 Å². The highest BCUT2D eigenvalue weighted by atomic mass is 35.5. The molecule has 0 saturated carbocycles. The monoisotopic (exact) mass is 253 g/mol. The zero-order chi connectivity index (χ0) is 12.4. The van der Waals surface area contributed by atoms with Crippen LogP contribution in [0.1, 0.15) is 0 Å². The summed E-state index contributed by atoms with van der Waals surface area (Å²) in [6, 6.07) is 22.4. The van der Waals surface area contributed by atoms with Gasteiger partial charge in [0.1, 0.15) is 0 Å². The van der Waals surface area contributed by atoms with Crippen LogP contribution in [0.25, 0.3) is 16.9 Å². The highest BCUT2D eigenvalue weighted by Gasteiger charge is 2.05. The SMILES string of the molecule is Clc1cccc(-n2cccc2-c2ccccc2)c1. The first-order chi connectivity index (χ1) is 8.84.